The van der Waals surface area contributed by atoms with E-state index in [1.807, 2.05) is 6.92 Å². The van der Waals surface area contributed by atoms with E-state index in [4.69, 9.17) is 23.2 Å². The van der Waals surface area contributed by atoms with Crippen molar-refractivity contribution in [2.24, 2.45) is 5.92 Å². The molecule has 146 valence electrons. The maximum absolute atomic E-state index is 12.4. The largest absolute Gasteiger partial charge is 0.342 e. The minimum absolute atomic E-state index is 0.0593. The van der Waals surface area contributed by atoms with Gasteiger partial charge in [-0.25, -0.2) is 13.1 Å². The van der Waals surface area contributed by atoms with Crippen molar-refractivity contribution in [3.63, 3.8) is 0 Å². The highest BCUT2D eigenvalue weighted by atomic mass is 35.5. The molecule has 0 bridgehead atoms. The topological polar surface area (TPSA) is 75.3 Å². The van der Waals surface area contributed by atoms with Gasteiger partial charge in [0.15, 0.2) is 0 Å². The van der Waals surface area contributed by atoms with Gasteiger partial charge in [0.05, 0.1) is 16.1 Å². The third-order valence-corrected chi connectivity index (χ3v) is 6.20. The van der Waals surface area contributed by atoms with Crippen LogP contribution in [0.1, 0.15) is 38.2 Å². The maximum Gasteiger partial charge on any atom is 0.233 e. The quantitative estimate of drug-likeness (QED) is 0.704. The summed E-state index contributed by atoms with van der Waals surface area (Å²) in [6.45, 7) is 5.09. The number of amides is 1. The molecular weight excluding hydrogens is 407 g/mol. The number of carbonyl (C=O) groups excluding carboxylic acids is 1. The number of hydrogen-bond acceptors (Lipinski definition) is 3. The average Bonchev–Trinajstić information content (AvgIpc) is 2.63. The Morgan fingerprint density at radius 1 is 1.26 bits per heavy atom. The lowest BCUT2D eigenvalue weighted by Crippen LogP contribution is -2.42. The zero-order chi connectivity index (χ0) is 20.0. The van der Waals surface area contributed by atoms with Crippen LogP contribution in [-0.2, 0) is 14.8 Å². The fraction of sp³-hybridized carbons (Fsp3) is 0.421. The average molecular weight is 429 g/mol. The van der Waals surface area contributed by atoms with Crippen molar-refractivity contribution in [3.05, 3.63) is 45.8 Å². The Hall–Kier alpha value is -1.52. The molecule has 1 aromatic rings. The van der Waals surface area contributed by atoms with Crippen LogP contribution >= 0.6 is 23.2 Å². The van der Waals surface area contributed by atoms with Crippen LogP contribution in [0.5, 0.6) is 0 Å². The first-order valence-electron chi connectivity index (χ1n) is 8.62. The molecule has 1 amide bonds. The van der Waals surface area contributed by atoms with E-state index >= 15 is 0 Å². The molecule has 27 heavy (non-hydrogen) atoms. The smallest absolute Gasteiger partial charge is 0.233 e. The predicted octanol–water partition coefficient (Wildman–Crippen LogP) is 3.47. The second kappa shape index (κ2) is 9.61. The molecule has 0 radical (unpaired) electrons. The minimum Gasteiger partial charge on any atom is -0.342 e. The molecule has 1 aliphatic rings. The summed E-state index contributed by atoms with van der Waals surface area (Å²) in [4.78, 5) is 12.4. The molecule has 1 fully saturated rings. The molecule has 1 unspecified atom stereocenters. The molecule has 5 nitrogen and oxygen atoms in total. The van der Waals surface area contributed by atoms with E-state index in [2.05, 4.69) is 28.5 Å². The summed E-state index contributed by atoms with van der Waals surface area (Å²) in [6.07, 6.45) is 2.50. The van der Waals surface area contributed by atoms with Crippen molar-refractivity contribution in [3.8, 4) is 11.8 Å². The molecule has 2 rings (SSSR count). The van der Waals surface area contributed by atoms with E-state index in [0.29, 0.717) is 35.7 Å². The van der Waals surface area contributed by atoms with Crippen molar-refractivity contribution in [2.45, 2.75) is 44.7 Å². The number of rotatable bonds is 5. The van der Waals surface area contributed by atoms with Crippen molar-refractivity contribution < 1.29 is 13.2 Å². The highest BCUT2D eigenvalue weighted by Gasteiger charge is 2.28. The standard InChI is InChI=1S/C19H22Cl2N2O3S/c1-3-27(25,26)23-16-9-7-15(8-10-16)19(24)22-13(2)4-5-14-6-11-17(20)18(21)12-14/h3,6,11-13,15-16,23H,1,7-10H2,2H3,(H,22,24)/t13?,15-,16-. The number of hydrogen-bond donors (Lipinski definition) is 2. The molecule has 8 heteroatoms. The molecule has 0 saturated heterocycles. The maximum atomic E-state index is 12.4. The number of sulfonamides is 1. The second-order valence-electron chi connectivity index (χ2n) is 6.51. The lowest BCUT2D eigenvalue weighted by atomic mass is 9.86. The summed E-state index contributed by atoms with van der Waals surface area (Å²) >= 11 is 11.8. The molecule has 1 atom stereocenters. The van der Waals surface area contributed by atoms with Gasteiger partial charge in [0, 0.05) is 22.9 Å². The van der Waals surface area contributed by atoms with Crippen LogP contribution in [0.2, 0.25) is 10.0 Å². The first-order valence-corrected chi connectivity index (χ1v) is 10.9. The molecule has 0 aromatic heterocycles. The Kier molecular flexibility index (Phi) is 7.75. The van der Waals surface area contributed by atoms with Gasteiger partial charge in [0.1, 0.15) is 0 Å². The van der Waals surface area contributed by atoms with E-state index in [1.54, 1.807) is 18.2 Å². The van der Waals surface area contributed by atoms with Crippen LogP contribution in [0.15, 0.2) is 30.2 Å². The van der Waals surface area contributed by atoms with Crippen LogP contribution in [0, 0.1) is 17.8 Å². The Bertz CT molecular complexity index is 867. The van der Waals surface area contributed by atoms with Crippen molar-refractivity contribution in [1.29, 1.82) is 0 Å². The third-order valence-electron chi connectivity index (χ3n) is 4.36. The summed E-state index contributed by atoms with van der Waals surface area (Å²) in [5, 5.41) is 4.70. The molecule has 0 aliphatic heterocycles. The van der Waals surface area contributed by atoms with Crippen LogP contribution in [0.25, 0.3) is 0 Å². The van der Waals surface area contributed by atoms with E-state index in [9.17, 15) is 13.2 Å². The summed E-state index contributed by atoms with van der Waals surface area (Å²) in [7, 11) is -3.44. The first kappa shape index (κ1) is 21.8. The van der Waals surface area contributed by atoms with E-state index in [0.717, 1.165) is 11.0 Å². The van der Waals surface area contributed by atoms with Crippen LogP contribution < -0.4 is 10.0 Å². The highest BCUT2D eigenvalue weighted by molar-refractivity contribution is 7.92. The Labute approximate surface area is 170 Å². The molecule has 2 N–H and O–H groups in total. The van der Waals surface area contributed by atoms with Gasteiger partial charge in [0.2, 0.25) is 15.9 Å². The van der Waals surface area contributed by atoms with Crippen LogP contribution in [0.4, 0.5) is 0 Å². The van der Waals surface area contributed by atoms with E-state index < -0.39 is 10.0 Å². The monoisotopic (exact) mass is 428 g/mol. The van der Waals surface area contributed by atoms with Gasteiger partial charge < -0.3 is 5.32 Å². The lowest BCUT2D eigenvalue weighted by molar-refractivity contribution is -0.126. The zero-order valence-electron chi connectivity index (χ0n) is 15.0. The van der Waals surface area contributed by atoms with Gasteiger partial charge in [-0.2, -0.15) is 0 Å². The Morgan fingerprint density at radius 3 is 2.52 bits per heavy atom. The van der Waals surface area contributed by atoms with Gasteiger partial charge in [-0.15, -0.1) is 0 Å². The number of halogens is 2. The van der Waals surface area contributed by atoms with Crippen molar-refractivity contribution in [1.82, 2.24) is 10.0 Å². The SMILES string of the molecule is C=CS(=O)(=O)N[C@H]1CC[C@H](C(=O)NC(C)C#Cc2ccc(Cl)c(Cl)c2)CC1. The fourth-order valence-corrected chi connectivity index (χ4v) is 3.98. The predicted molar refractivity (Wildman–Crippen MR) is 109 cm³/mol. The minimum atomic E-state index is -3.44. The Morgan fingerprint density at radius 2 is 1.93 bits per heavy atom. The van der Waals surface area contributed by atoms with Gasteiger partial charge in [-0.1, -0.05) is 41.6 Å². The number of carbonyl (C=O) groups is 1. The van der Waals surface area contributed by atoms with Gasteiger partial charge in [-0.3, -0.25) is 4.79 Å². The summed E-state index contributed by atoms with van der Waals surface area (Å²) in [5.41, 5.74) is 0.723. The molecular formula is C19H22Cl2N2O3S. The normalized spacial score (nSPS) is 20.9. The summed E-state index contributed by atoms with van der Waals surface area (Å²) < 4.78 is 25.6. The number of nitrogens with one attached hydrogen (secondary N) is 2. The van der Waals surface area contributed by atoms with E-state index in [-0.39, 0.29) is 23.9 Å². The second-order valence-corrected chi connectivity index (χ2v) is 8.98. The molecule has 1 aromatic carbocycles. The summed E-state index contributed by atoms with van der Waals surface area (Å²) in [5.74, 6) is 5.75. The number of benzene rings is 1. The van der Waals surface area contributed by atoms with Crippen molar-refractivity contribution in [2.75, 3.05) is 0 Å². The third kappa shape index (κ3) is 6.86. The highest BCUT2D eigenvalue weighted by Crippen LogP contribution is 2.25. The van der Waals surface area contributed by atoms with Gasteiger partial charge in [-0.05, 0) is 50.8 Å². The lowest BCUT2D eigenvalue weighted by Gasteiger charge is -2.28. The molecule has 1 saturated carbocycles. The molecule has 1 aliphatic carbocycles. The Balaban J connectivity index is 1.84. The fourth-order valence-electron chi connectivity index (χ4n) is 2.89. The molecule has 0 spiro atoms. The van der Waals surface area contributed by atoms with Crippen LogP contribution in [0.3, 0.4) is 0 Å². The molecule has 0 heterocycles. The van der Waals surface area contributed by atoms with Gasteiger partial charge >= 0.3 is 0 Å². The van der Waals surface area contributed by atoms with Crippen molar-refractivity contribution >= 4 is 39.1 Å². The van der Waals surface area contributed by atoms with E-state index in [1.165, 1.54) is 0 Å². The van der Waals surface area contributed by atoms with Crippen LogP contribution in [-0.4, -0.2) is 26.4 Å². The van der Waals surface area contributed by atoms with Gasteiger partial charge in [0.25, 0.3) is 0 Å². The first-order chi connectivity index (χ1) is 12.7. The summed E-state index contributed by atoms with van der Waals surface area (Å²) in [6, 6.07) is 4.65. The zero-order valence-corrected chi connectivity index (χ0v) is 17.3.